The Balaban J connectivity index is 1.89. The van der Waals surface area contributed by atoms with Crippen molar-refractivity contribution in [2.45, 2.75) is 6.61 Å². The average molecular weight is 236 g/mol. The third-order valence-electron chi connectivity index (χ3n) is 2.30. The van der Waals surface area contributed by atoms with Gasteiger partial charge in [0.2, 0.25) is 0 Å². The Kier molecular flexibility index (Phi) is 4.16. The summed E-state index contributed by atoms with van der Waals surface area (Å²) in [5.41, 5.74) is 1.75. The van der Waals surface area contributed by atoms with E-state index in [9.17, 15) is 4.79 Å². The van der Waals surface area contributed by atoms with E-state index < -0.39 is 5.97 Å². The second-order valence-electron chi connectivity index (χ2n) is 3.68. The highest BCUT2D eigenvalue weighted by Crippen LogP contribution is 2.00. The van der Waals surface area contributed by atoms with E-state index in [-0.39, 0.29) is 6.61 Å². The quantitative estimate of drug-likeness (QED) is 0.592. The monoisotopic (exact) mass is 236 g/mol. The van der Waals surface area contributed by atoms with Crippen molar-refractivity contribution in [2.24, 2.45) is 0 Å². The Morgan fingerprint density at radius 2 is 1.56 bits per heavy atom. The molecule has 2 rings (SSSR count). The lowest BCUT2D eigenvalue weighted by atomic mass is 10.2. The van der Waals surface area contributed by atoms with E-state index in [1.54, 1.807) is 0 Å². The second kappa shape index (κ2) is 6.27. The number of benzene rings is 2. The van der Waals surface area contributed by atoms with Crippen LogP contribution < -0.4 is 0 Å². The first-order valence-corrected chi connectivity index (χ1v) is 5.62. The number of rotatable bonds is 2. The van der Waals surface area contributed by atoms with E-state index in [2.05, 4.69) is 11.8 Å². The molecule has 2 aromatic carbocycles. The predicted molar refractivity (Wildman–Crippen MR) is 69.6 cm³/mol. The Bertz CT molecular complexity index is 562. The number of carbonyl (C=O) groups excluding carboxylic acids is 1. The third-order valence-corrected chi connectivity index (χ3v) is 2.30. The van der Waals surface area contributed by atoms with E-state index in [4.69, 9.17) is 4.74 Å². The molecule has 0 saturated carbocycles. The summed E-state index contributed by atoms with van der Waals surface area (Å²) >= 11 is 0. The first kappa shape index (κ1) is 11.9. The molecule has 88 valence electrons. The van der Waals surface area contributed by atoms with Crippen LogP contribution in [0, 0.1) is 11.8 Å². The highest BCUT2D eigenvalue weighted by Gasteiger charge is 1.97. The van der Waals surface area contributed by atoms with E-state index in [1.165, 1.54) is 0 Å². The van der Waals surface area contributed by atoms with Crippen molar-refractivity contribution >= 4 is 5.97 Å². The van der Waals surface area contributed by atoms with Crippen LogP contribution in [-0.2, 0) is 16.1 Å². The Labute approximate surface area is 106 Å². The highest BCUT2D eigenvalue weighted by molar-refractivity contribution is 5.89. The zero-order valence-corrected chi connectivity index (χ0v) is 9.80. The van der Waals surface area contributed by atoms with Crippen molar-refractivity contribution in [3.63, 3.8) is 0 Å². The number of carbonyl (C=O) groups is 1. The molecule has 0 atom stereocenters. The molecule has 18 heavy (non-hydrogen) atoms. The van der Waals surface area contributed by atoms with E-state index in [0.29, 0.717) is 0 Å². The minimum absolute atomic E-state index is 0.253. The lowest BCUT2D eigenvalue weighted by Gasteiger charge is -1.99. The zero-order chi connectivity index (χ0) is 12.6. The SMILES string of the molecule is O=C(C#Cc1ccccc1)OCc1ccccc1. The Hall–Kier alpha value is -2.53. The fourth-order valence-electron chi connectivity index (χ4n) is 1.40. The Morgan fingerprint density at radius 1 is 0.944 bits per heavy atom. The van der Waals surface area contributed by atoms with Crippen LogP contribution in [-0.4, -0.2) is 5.97 Å². The van der Waals surface area contributed by atoms with Gasteiger partial charge in [-0.3, -0.25) is 0 Å². The molecule has 0 aliphatic heterocycles. The summed E-state index contributed by atoms with van der Waals surface area (Å²) in [7, 11) is 0. The molecule has 0 unspecified atom stereocenters. The fraction of sp³-hybridized carbons (Fsp3) is 0.0625. The maximum atomic E-state index is 11.4. The third kappa shape index (κ3) is 3.80. The molecular weight excluding hydrogens is 224 g/mol. The smallest absolute Gasteiger partial charge is 0.385 e. The Morgan fingerprint density at radius 3 is 2.22 bits per heavy atom. The number of esters is 1. The van der Waals surface area contributed by atoms with Crippen LogP contribution in [0.15, 0.2) is 60.7 Å². The molecule has 2 nitrogen and oxygen atoms in total. The van der Waals surface area contributed by atoms with Crippen molar-refractivity contribution in [1.29, 1.82) is 0 Å². The van der Waals surface area contributed by atoms with Crippen LogP contribution in [0.2, 0.25) is 0 Å². The standard InChI is InChI=1S/C16H12O2/c17-16(12-11-14-7-3-1-4-8-14)18-13-15-9-5-2-6-10-15/h1-10H,13H2. The van der Waals surface area contributed by atoms with Crippen LogP contribution in [0.25, 0.3) is 0 Å². The number of hydrogen-bond donors (Lipinski definition) is 0. The molecule has 0 aliphatic rings. The van der Waals surface area contributed by atoms with Crippen molar-refractivity contribution in [2.75, 3.05) is 0 Å². The molecule has 2 aromatic rings. The van der Waals surface area contributed by atoms with E-state index in [1.807, 2.05) is 60.7 Å². The largest absolute Gasteiger partial charge is 0.451 e. The summed E-state index contributed by atoms with van der Waals surface area (Å²) in [5, 5.41) is 0. The van der Waals surface area contributed by atoms with Gasteiger partial charge in [0.05, 0.1) is 0 Å². The van der Waals surface area contributed by atoms with Crippen molar-refractivity contribution in [3.05, 3.63) is 71.8 Å². The summed E-state index contributed by atoms with van der Waals surface area (Å²) in [5.74, 6) is 4.70. The van der Waals surface area contributed by atoms with Gasteiger partial charge >= 0.3 is 5.97 Å². The number of hydrogen-bond acceptors (Lipinski definition) is 2. The summed E-state index contributed by atoms with van der Waals surface area (Å²) < 4.78 is 5.04. The van der Waals surface area contributed by atoms with Gasteiger partial charge in [-0.15, -0.1) is 0 Å². The predicted octanol–water partition coefficient (Wildman–Crippen LogP) is 2.78. The van der Waals surface area contributed by atoms with Gasteiger partial charge in [0.25, 0.3) is 0 Å². The minimum atomic E-state index is -0.511. The molecule has 0 heterocycles. The van der Waals surface area contributed by atoms with Crippen molar-refractivity contribution in [1.82, 2.24) is 0 Å². The topological polar surface area (TPSA) is 26.3 Å². The van der Waals surface area contributed by atoms with Crippen LogP contribution in [0.5, 0.6) is 0 Å². The maximum absolute atomic E-state index is 11.4. The highest BCUT2D eigenvalue weighted by atomic mass is 16.5. The first-order valence-electron chi connectivity index (χ1n) is 5.62. The molecule has 0 aromatic heterocycles. The minimum Gasteiger partial charge on any atom is -0.451 e. The summed E-state index contributed by atoms with van der Waals surface area (Å²) in [4.78, 5) is 11.4. The van der Waals surface area contributed by atoms with E-state index >= 15 is 0 Å². The maximum Gasteiger partial charge on any atom is 0.385 e. The van der Waals surface area contributed by atoms with Gasteiger partial charge < -0.3 is 4.74 Å². The number of ether oxygens (including phenoxy) is 1. The second-order valence-corrected chi connectivity index (χ2v) is 3.68. The molecule has 0 amide bonds. The summed E-state index contributed by atoms with van der Waals surface area (Å²) in [6, 6.07) is 18.9. The van der Waals surface area contributed by atoms with Crippen molar-refractivity contribution < 1.29 is 9.53 Å². The summed E-state index contributed by atoms with van der Waals surface area (Å²) in [6.45, 7) is 0.253. The summed E-state index contributed by atoms with van der Waals surface area (Å²) in [6.07, 6.45) is 0. The molecule has 0 saturated heterocycles. The molecule has 0 N–H and O–H groups in total. The van der Waals surface area contributed by atoms with Crippen LogP contribution >= 0.6 is 0 Å². The van der Waals surface area contributed by atoms with Crippen molar-refractivity contribution in [3.8, 4) is 11.8 Å². The molecule has 2 heteroatoms. The van der Waals surface area contributed by atoms with Gasteiger partial charge in [-0.2, -0.15) is 0 Å². The molecule has 0 bridgehead atoms. The van der Waals surface area contributed by atoms with Gasteiger partial charge in [0, 0.05) is 11.5 Å². The first-order chi connectivity index (χ1) is 8.84. The molecule has 0 radical (unpaired) electrons. The van der Waals surface area contributed by atoms with Gasteiger partial charge in [0.1, 0.15) is 6.61 Å². The average Bonchev–Trinajstić information content (AvgIpc) is 2.45. The van der Waals surface area contributed by atoms with Crippen LogP contribution in [0.3, 0.4) is 0 Å². The lowest BCUT2D eigenvalue weighted by molar-refractivity contribution is -0.137. The van der Waals surface area contributed by atoms with Gasteiger partial charge in [-0.25, -0.2) is 4.79 Å². The zero-order valence-electron chi connectivity index (χ0n) is 9.80. The fourth-order valence-corrected chi connectivity index (χ4v) is 1.40. The van der Waals surface area contributed by atoms with Gasteiger partial charge in [0.15, 0.2) is 0 Å². The van der Waals surface area contributed by atoms with Crippen LogP contribution in [0.4, 0.5) is 0 Å². The molecular formula is C16H12O2. The van der Waals surface area contributed by atoms with Crippen LogP contribution in [0.1, 0.15) is 11.1 Å². The van der Waals surface area contributed by atoms with E-state index in [0.717, 1.165) is 11.1 Å². The molecule has 0 fully saturated rings. The lowest BCUT2D eigenvalue weighted by Crippen LogP contribution is -2.01. The molecule has 0 aliphatic carbocycles. The molecule has 0 spiro atoms. The van der Waals surface area contributed by atoms with Gasteiger partial charge in [-0.05, 0) is 17.7 Å². The normalized spacial score (nSPS) is 9.11. The van der Waals surface area contributed by atoms with Gasteiger partial charge in [-0.1, -0.05) is 54.5 Å².